The summed E-state index contributed by atoms with van der Waals surface area (Å²) in [6.45, 7) is 9.20. The third-order valence-corrected chi connectivity index (χ3v) is 7.33. The lowest BCUT2D eigenvalue weighted by Crippen LogP contribution is -2.19. The van der Waals surface area contributed by atoms with E-state index >= 15 is 0 Å². The molecule has 0 saturated carbocycles. The Morgan fingerprint density at radius 3 is 1.16 bits per heavy atom. The number of unbranched alkanes of at least 4 members (excludes halogenated alkanes) is 12. The molecule has 5 heteroatoms. The van der Waals surface area contributed by atoms with Gasteiger partial charge < -0.3 is 0 Å². The van der Waals surface area contributed by atoms with E-state index in [9.17, 15) is 8.42 Å². The zero-order valence-corrected chi connectivity index (χ0v) is 22.2. The van der Waals surface area contributed by atoms with E-state index in [0.717, 1.165) is 38.5 Å². The summed E-state index contributed by atoms with van der Waals surface area (Å²) in [5.41, 5.74) is 0. The predicted molar refractivity (Wildman–Crippen MR) is 134 cm³/mol. The third kappa shape index (κ3) is 20.2. The van der Waals surface area contributed by atoms with Gasteiger partial charge in [-0.05, 0) is 24.7 Å². The van der Waals surface area contributed by atoms with Gasteiger partial charge in [-0.2, -0.15) is 8.42 Å². The molecule has 0 fully saturated rings. The smallest absolute Gasteiger partial charge is 0.248 e. The fourth-order valence-corrected chi connectivity index (χ4v) is 4.77. The van der Waals surface area contributed by atoms with Gasteiger partial charge in [0.05, 0.1) is 13.2 Å². The van der Waals surface area contributed by atoms with Crippen molar-refractivity contribution in [3.8, 4) is 0 Å². The summed E-state index contributed by atoms with van der Waals surface area (Å²) in [6.07, 6.45) is 21.9. The Morgan fingerprint density at radius 2 is 0.839 bits per heavy atom. The van der Waals surface area contributed by atoms with Crippen LogP contribution in [0.2, 0.25) is 0 Å². The Labute approximate surface area is 195 Å². The van der Waals surface area contributed by atoms with E-state index in [2.05, 4.69) is 27.7 Å². The van der Waals surface area contributed by atoms with Crippen LogP contribution in [0.5, 0.6) is 0 Å². The Hall–Kier alpha value is -0.130. The van der Waals surface area contributed by atoms with Crippen molar-refractivity contribution in [3.63, 3.8) is 0 Å². The molecule has 0 N–H and O–H groups in total. The van der Waals surface area contributed by atoms with Crippen LogP contribution in [0, 0.1) is 11.8 Å². The summed E-state index contributed by atoms with van der Waals surface area (Å²) >= 11 is 0. The molecule has 188 valence electrons. The second kappa shape index (κ2) is 21.7. The fraction of sp³-hybridized carbons (Fsp3) is 1.00. The maximum Gasteiger partial charge on any atom is 0.399 e. The van der Waals surface area contributed by atoms with Crippen molar-refractivity contribution in [2.45, 2.75) is 143 Å². The molecule has 0 aromatic heterocycles. The molecule has 0 rings (SSSR count). The first kappa shape index (κ1) is 30.9. The van der Waals surface area contributed by atoms with Gasteiger partial charge in [0.15, 0.2) is 0 Å². The molecule has 0 aliphatic heterocycles. The van der Waals surface area contributed by atoms with Gasteiger partial charge in [0.2, 0.25) is 0 Å². The minimum Gasteiger partial charge on any atom is -0.248 e. The molecule has 0 aliphatic rings. The second-order valence-electron chi connectivity index (χ2n) is 9.35. The molecule has 0 aliphatic carbocycles. The molecule has 0 heterocycles. The fourth-order valence-electron chi connectivity index (χ4n) is 3.98. The van der Waals surface area contributed by atoms with Crippen molar-refractivity contribution in [1.29, 1.82) is 0 Å². The van der Waals surface area contributed by atoms with Crippen LogP contribution in [0.3, 0.4) is 0 Å². The average molecular weight is 463 g/mol. The van der Waals surface area contributed by atoms with E-state index in [4.69, 9.17) is 8.37 Å². The van der Waals surface area contributed by atoms with Crippen LogP contribution in [-0.2, 0) is 18.8 Å². The van der Waals surface area contributed by atoms with Crippen LogP contribution in [0.1, 0.15) is 143 Å². The Balaban J connectivity index is 3.95. The van der Waals surface area contributed by atoms with Gasteiger partial charge in [0.1, 0.15) is 0 Å². The average Bonchev–Trinajstić information content (AvgIpc) is 2.76. The highest BCUT2D eigenvalue weighted by atomic mass is 32.3. The van der Waals surface area contributed by atoms with Crippen molar-refractivity contribution in [3.05, 3.63) is 0 Å². The minimum atomic E-state index is -3.88. The first-order chi connectivity index (χ1) is 15.0. The maximum atomic E-state index is 12.2. The monoisotopic (exact) mass is 462 g/mol. The van der Waals surface area contributed by atoms with Crippen LogP contribution in [-0.4, -0.2) is 21.6 Å². The van der Waals surface area contributed by atoms with Gasteiger partial charge in [0.25, 0.3) is 0 Å². The molecule has 0 aromatic carbocycles. The normalized spacial score (nSPS) is 14.1. The highest BCUT2D eigenvalue weighted by Crippen LogP contribution is 2.19. The highest BCUT2D eigenvalue weighted by molar-refractivity contribution is 7.81. The standard InChI is InChI=1S/C26H54O4S/c1-5-9-11-13-15-17-19-21-25(7-3)23-29-31(27,28)30-24-26(8-4)22-20-18-16-14-12-10-6-2/h25-26H,5-24H2,1-4H3. The minimum absolute atomic E-state index is 0.253. The lowest BCUT2D eigenvalue weighted by atomic mass is 9.99. The molecule has 0 bridgehead atoms. The maximum absolute atomic E-state index is 12.2. The van der Waals surface area contributed by atoms with E-state index in [1.165, 1.54) is 77.0 Å². The van der Waals surface area contributed by atoms with E-state index in [-0.39, 0.29) is 13.2 Å². The Morgan fingerprint density at radius 1 is 0.516 bits per heavy atom. The predicted octanol–water partition coefficient (Wildman–Crippen LogP) is 8.60. The molecule has 0 amide bonds. The molecular formula is C26H54O4S. The number of hydrogen-bond acceptors (Lipinski definition) is 4. The SMILES string of the molecule is CCCCCCCCCC(CC)COS(=O)(=O)OCC(CC)CCCCCCCCC. The Kier molecular flexibility index (Phi) is 21.6. The molecule has 31 heavy (non-hydrogen) atoms. The topological polar surface area (TPSA) is 52.6 Å². The molecule has 0 saturated heterocycles. The van der Waals surface area contributed by atoms with Crippen LogP contribution in [0.15, 0.2) is 0 Å². The van der Waals surface area contributed by atoms with Crippen molar-refractivity contribution < 1.29 is 16.8 Å². The summed E-state index contributed by atoms with van der Waals surface area (Å²) < 4.78 is 34.8. The van der Waals surface area contributed by atoms with Crippen LogP contribution in [0.4, 0.5) is 0 Å². The zero-order valence-electron chi connectivity index (χ0n) is 21.3. The summed E-state index contributed by atoms with van der Waals surface area (Å²) in [5.74, 6) is 0.590. The lowest BCUT2D eigenvalue weighted by molar-refractivity contribution is 0.160. The first-order valence-corrected chi connectivity index (χ1v) is 14.9. The molecule has 4 nitrogen and oxygen atoms in total. The van der Waals surface area contributed by atoms with Crippen LogP contribution < -0.4 is 0 Å². The van der Waals surface area contributed by atoms with Gasteiger partial charge in [-0.25, -0.2) is 8.37 Å². The highest BCUT2D eigenvalue weighted by Gasteiger charge is 2.18. The van der Waals surface area contributed by atoms with Crippen molar-refractivity contribution >= 4 is 10.4 Å². The quantitative estimate of drug-likeness (QED) is 0.135. The van der Waals surface area contributed by atoms with E-state index in [0.29, 0.717) is 11.8 Å². The van der Waals surface area contributed by atoms with Crippen molar-refractivity contribution in [1.82, 2.24) is 0 Å². The molecule has 2 unspecified atom stereocenters. The Bertz CT molecular complexity index is 428. The van der Waals surface area contributed by atoms with E-state index in [1.54, 1.807) is 0 Å². The van der Waals surface area contributed by atoms with Crippen molar-refractivity contribution in [2.24, 2.45) is 11.8 Å². The van der Waals surface area contributed by atoms with E-state index < -0.39 is 10.4 Å². The van der Waals surface area contributed by atoms with Gasteiger partial charge in [-0.15, -0.1) is 0 Å². The van der Waals surface area contributed by atoms with Gasteiger partial charge in [-0.1, -0.05) is 130 Å². The number of rotatable bonds is 24. The second-order valence-corrected chi connectivity index (χ2v) is 10.6. The summed E-state index contributed by atoms with van der Waals surface area (Å²) in [5, 5.41) is 0. The van der Waals surface area contributed by atoms with Crippen molar-refractivity contribution in [2.75, 3.05) is 13.2 Å². The summed E-state index contributed by atoms with van der Waals surface area (Å²) in [6, 6.07) is 0. The zero-order chi connectivity index (χ0) is 23.2. The van der Waals surface area contributed by atoms with Gasteiger partial charge >= 0.3 is 10.4 Å². The van der Waals surface area contributed by atoms with Gasteiger partial charge in [0, 0.05) is 0 Å². The first-order valence-electron chi connectivity index (χ1n) is 13.5. The van der Waals surface area contributed by atoms with E-state index in [1.807, 2.05) is 0 Å². The number of hydrogen-bond donors (Lipinski definition) is 0. The molecular weight excluding hydrogens is 408 g/mol. The molecule has 2 atom stereocenters. The largest absolute Gasteiger partial charge is 0.399 e. The molecule has 0 aromatic rings. The lowest BCUT2D eigenvalue weighted by Gasteiger charge is -2.17. The van der Waals surface area contributed by atoms with Gasteiger partial charge in [-0.3, -0.25) is 0 Å². The molecule has 0 radical (unpaired) electrons. The summed E-state index contributed by atoms with van der Waals surface area (Å²) in [7, 11) is -3.88. The third-order valence-electron chi connectivity index (χ3n) is 6.48. The van der Waals surface area contributed by atoms with Crippen LogP contribution in [0.25, 0.3) is 0 Å². The summed E-state index contributed by atoms with van der Waals surface area (Å²) in [4.78, 5) is 0. The molecule has 0 spiro atoms. The van der Waals surface area contributed by atoms with Crippen LogP contribution >= 0.6 is 0 Å².